The summed E-state index contributed by atoms with van der Waals surface area (Å²) in [6.07, 6.45) is 6.76. The van der Waals surface area contributed by atoms with E-state index in [0.29, 0.717) is 0 Å². The molecule has 1 atom stereocenters. The standard InChI is InChI=1S/C13H29N/c1-5-7-13(6-2)9-11-14-10-8-12(3)4/h12-14H,5-11H2,1-4H3. The lowest BCUT2D eigenvalue weighted by Gasteiger charge is -2.14. The molecule has 1 N–H and O–H groups in total. The average molecular weight is 199 g/mol. The van der Waals surface area contributed by atoms with Gasteiger partial charge in [0.25, 0.3) is 0 Å². The summed E-state index contributed by atoms with van der Waals surface area (Å²) in [5.74, 6) is 1.78. The lowest BCUT2D eigenvalue weighted by atomic mass is 9.97. The average Bonchev–Trinajstić information content (AvgIpc) is 2.15. The lowest BCUT2D eigenvalue weighted by Crippen LogP contribution is -2.20. The van der Waals surface area contributed by atoms with Crippen LogP contribution in [0.25, 0.3) is 0 Å². The van der Waals surface area contributed by atoms with E-state index in [2.05, 4.69) is 33.0 Å². The van der Waals surface area contributed by atoms with Crippen molar-refractivity contribution in [3.05, 3.63) is 0 Å². The first-order valence-corrected chi connectivity index (χ1v) is 6.41. The van der Waals surface area contributed by atoms with Crippen LogP contribution in [0.4, 0.5) is 0 Å². The molecule has 0 rings (SSSR count). The third kappa shape index (κ3) is 8.55. The molecular weight excluding hydrogens is 170 g/mol. The molecule has 0 amide bonds. The zero-order chi connectivity index (χ0) is 10.8. The van der Waals surface area contributed by atoms with Gasteiger partial charge in [0.15, 0.2) is 0 Å². The highest BCUT2D eigenvalue weighted by molar-refractivity contribution is 4.59. The van der Waals surface area contributed by atoms with Crippen molar-refractivity contribution in [2.24, 2.45) is 11.8 Å². The van der Waals surface area contributed by atoms with Crippen molar-refractivity contribution in [1.29, 1.82) is 0 Å². The maximum absolute atomic E-state index is 3.54. The van der Waals surface area contributed by atoms with Crippen LogP contribution >= 0.6 is 0 Å². The molecule has 14 heavy (non-hydrogen) atoms. The maximum atomic E-state index is 3.54. The topological polar surface area (TPSA) is 12.0 Å². The predicted octanol–water partition coefficient (Wildman–Crippen LogP) is 3.84. The molecule has 0 aliphatic rings. The van der Waals surface area contributed by atoms with Crippen LogP contribution in [0.1, 0.15) is 59.8 Å². The van der Waals surface area contributed by atoms with Gasteiger partial charge in [0, 0.05) is 0 Å². The van der Waals surface area contributed by atoms with Crippen molar-refractivity contribution < 1.29 is 0 Å². The van der Waals surface area contributed by atoms with Crippen LogP contribution in [0.3, 0.4) is 0 Å². The summed E-state index contributed by atoms with van der Waals surface area (Å²) < 4.78 is 0. The molecule has 0 aliphatic heterocycles. The Balaban J connectivity index is 3.24. The minimum atomic E-state index is 0.833. The molecule has 86 valence electrons. The van der Waals surface area contributed by atoms with E-state index in [1.165, 1.54) is 45.2 Å². The quantitative estimate of drug-likeness (QED) is 0.556. The molecule has 0 saturated heterocycles. The summed E-state index contributed by atoms with van der Waals surface area (Å²) >= 11 is 0. The van der Waals surface area contributed by atoms with Crippen LogP contribution < -0.4 is 5.32 Å². The van der Waals surface area contributed by atoms with Gasteiger partial charge in [-0.3, -0.25) is 0 Å². The Morgan fingerprint density at radius 1 is 0.929 bits per heavy atom. The van der Waals surface area contributed by atoms with Crippen LogP contribution in [-0.4, -0.2) is 13.1 Å². The Bertz CT molecular complexity index is 110. The molecule has 0 bridgehead atoms. The summed E-state index contributed by atoms with van der Waals surface area (Å²) in [7, 11) is 0. The molecule has 0 heterocycles. The first kappa shape index (κ1) is 14.0. The van der Waals surface area contributed by atoms with Gasteiger partial charge < -0.3 is 5.32 Å². The van der Waals surface area contributed by atoms with Gasteiger partial charge in [0.05, 0.1) is 0 Å². The van der Waals surface area contributed by atoms with Crippen LogP contribution in [0.2, 0.25) is 0 Å². The second kappa shape index (κ2) is 9.51. The van der Waals surface area contributed by atoms with E-state index in [4.69, 9.17) is 0 Å². The van der Waals surface area contributed by atoms with Crippen LogP contribution in [0.5, 0.6) is 0 Å². The Morgan fingerprint density at radius 3 is 2.07 bits per heavy atom. The molecule has 1 heteroatoms. The molecule has 0 saturated carbocycles. The van der Waals surface area contributed by atoms with E-state index >= 15 is 0 Å². The van der Waals surface area contributed by atoms with E-state index in [-0.39, 0.29) is 0 Å². The van der Waals surface area contributed by atoms with E-state index in [1.807, 2.05) is 0 Å². The highest BCUT2D eigenvalue weighted by Crippen LogP contribution is 2.13. The van der Waals surface area contributed by atoms with Crippen molar-refractivity contribution in [2.75, 3.05) is 13.1 Å². The SMILES string of the molecule is CCCC(CC)CCNCCC(C)C. The predicted molar refractivity (Wildman–Crippen MR) is 65.6 cm³/mol. The van der Waals surface area contributed by atoms with Gasteiger partial charge in [-0.25, -0.2) is 0 Å². The van der Waals surface area contributed by atoms with Gasteiger partial charge in [-0.15, -0.1) is 0 Å². The fourth-order valence-electron chi connectivity index (χ4n) is 1.78. The molecule has 1 unspecified atom stereocenters. The van der Waals surface area contributed by atoms with Crippen molar-refractivity contribution in [3.63, 3.8) is 0 Å². The lowest BCUT2D eigenvalue weighted by molar-refractivity contribution is 0.413. The van der Waals surface area contributed by atoms with Gasteiger partial charge >= 0.3 is 0 Å². The van der Waals surface area contributed by atoms with E-state index in [0.717, 1.165) is 11.8 Å². The van der Waals surface area contributed by atoms with Crippen LogP contribution in [0.15, 0.2) is 0 Å². The second-order valence-electron chi connectivity index (χ2n) is 4.78. The minimum Gasteiger partial charge on any atom is -0.317 e. The monoisotopic (exact) mass is 199 g/mol. The van der Waals surface area contributed by atoms with Crippen molar-refractivity contribution in [2.45, 2.75) is 59.8 Å². The number of hydrogen-bond donors (Lipinski definition) is 1. The summed E-state index contributed by atoms with van der Waals surface area (Å²) in [5.41, 5.74) is 0. The normalized spacial score (nSPS) is 13.5. The zero-order valence-corrected chi connectivity index (χ0v) is 10.6. The fourth-order valence-corrected chi connectivity index (χ4v) is 1.78. The Labute approximate surface area is 90.7 Å². The summed E-state index contributed by atoms with van der Waals surface area (Å²) in [6, 6.07) is 0. The highest BCUT2D eigenvalue weighted by atomic mass is 14.8. The van der Waals surface area contributed by atoms with Gasteiger partial charge in [-0.2, -0.15) is 0 Å². The largest absolute Gasteiger partial charge is 0.317 e. The Hall–Kier alpha value is -0.0400. The molecule has 1 nitrogen and oxygen atoms in total. The van der Waals surface area contributed by atoms with Gasteiger partial charge in [-0.05, 0) is 37.8 Å². The van der Waals surface area contributed by atoms with Crippen LogP contribution in [0, 0.1) is 11.8 Å². The minimum absolute atomic E-state index is 0.833. The molecule has 0 fully saturated rings. The maximum Gasteiger partial charge on any atom is -0.00463 e. The highest BCUT2D eigenvalue weighted by Gasteiger charge is 2.03. The van der Waals surface area contributed by atoms with Crippen molar-refractivity contribution in [1.82, 2.24) is 5.32 Å². The smallest absolute Gasteiger partial charge is 0.00463 e. The summed E-state index contributed by atoms with van der Waals surface area (Å²) in [4.78, 5) is 0. The van der Waals surface area contributed by atoms with Crippen molar-refractivity contribution in [3.8, 4) is 0 Å². The molecule has 0 spiro atoms. The van der Waals surface area contributed by atoms with Crippen molar-refractivity contribution >= 4 is 0 Å². The fraction of sp³-hybridized carbons (Fsp3) is 1.00. The van der Waals surface area contributed by atoms with Gasteiger partial charge in [0.2, 0.25) is 0 Å². The van der Waals surface area contributed by atoms with E-state index in [1.54, 1.807) is 0 Å². The van der Waals surface area contributed by atoms with Gasteiger partial charge in [0.1, 0.15) is 0 Å². The first-order valence-electron chi connectivity index (χ1n) is 6.41. The molecule has 0 radical (unpaired) electrons. The molecule has 0 aromatic heterocycles. The summed E-state index contributed by atoms with van der Waals surface area (Å²) in [5, 5.41) is 3.54. The second-order valence-corrected chi connectivity index (χ2v) is 4.78. The van der Waals surface area contributed by atoms with E-state index < -0.39 is 0 Å². The third-order valence-corrected chi connectivity index (χ3v) is 2.90. The zero-order valence-electron chi connectivity index (χ0n) is 10.6. The Morgan fingerprint density at radius 2 is 1.57 bits per heavy atom. The molecule has 0 aromatic carbocycles. The van der Waals surface area contributed by atoms with E-state index in [9.17, 15) is 0 Å². The molecule has 0 aromatic rings. The molecule has 0 aliphatic carbocycles. The Kier molecular flexibility index (Phi) is 9.49. The number of rotatable bonds is 9. The molecular formula is C13H29N. The number of hydrogen-bond acceptors (Lipinski definition) is 1. The summed E-state index contributed by atoms with van der Waals surface area (Å²) in [6.45, 7) is 11.6. The van der Waals surface area contributed by atoms with Crippen LogP contribution in [-0.2, 0) is 0 Å². The third-order valence-electron chi connectivity index (χ3n) is 2.90. The van der Waals surface area contributed by atoms with Gasteiger partial charge in [-0.1, -0.05) is 47.0 Å². The first-order chi connectivity index (χ1) is 6.70. The number of nitrogens with one attached hydrogen (secondary N) is 1.